The SMILES string of the molecule is C=NC(=NCCc1ccccc1)NC#N. The fourth-order valence-electron chi connectivity index (χ4n) is 1.11. The molecule has 1 aromatic rings. The number of nitrogens with zero attached hydrogens (tertiary/aromatic N) is 3. The Labute approximate surface area is 89.0 Å². The Balaban J connectivity index is 2.44. The highest BCUT2D eigenvalue weighted by molar-refractivity contribution is 5.85. The number of rotatable bonds is 3. The van der Waals surface area contributed by atoms with Gasteiger partial charge < -0.3 is 0 Å². The summed E-state index contributed by atoms with van der Waals surface area (Å²) in [6.07, 6.45) is 2.58. The maximum absolute atomic E-state index is 8.35. The molecule has 0 aliphatic rings. The molecule has 0 radical (unpaired) electrons. The van der Waals surface area contributed by atoms with Crippen molar-refractivity contribution in [1.82, 2.24) is 5.32 Å². The van der Waals surface area contributed by atoms with E-state index in [1.165, 1.54) is 5.56 Å². The molecule has 0 aromatic heterocycles. The van der Waals surface area contributed by atoms with Crippen molar-refractivity contribution in [3.8, 4) is 6.19 Å². The van der Waals surface area contributed by atoms with Gasteiger partial charge in [0.2, 0.25) is 5.96 Å². The van der Waals surface area contributed by atoms with Crippen molar-refractivity contribution in [2.45, 2.75) is 6.42 Å². The summed E-state index contributed by atoms with van der Waals surface area (Å²) < 4.78 is 0. The highest BCUT2D eigenvalue weighted by Gasteiger charge is 1.93. The van der Waals surface area contributed by atoms with Crippen LogP contribution in [-0.2, 0) is 6.42 Å². The summed E-state index contributed by atoms with van der Waals surface area (Å²) in [6, 6.07) is 10.0. The zero-order chi connectivity index (χ0) is 10.9. The minimum Gasteiger partial charge on any atom is -0.261 e. The molecule has 0 bridgehead atoms. The molecule has 1 rings (SSSR count). The van der Waals surface area contributed by atoms with Crippen LogP contribution in [0.15, 0.2) is 40.3 Å². The Kier molecular flexibility index (Phi) is 4.61. The Morgan fingerprint density at radius 2 is 2.13 bits per heavy atom. The first kappa shape index (κ1) is 10.9. The van der Waals surface area contributed by atoms with E-state index in [0.29, 0.717) is 6.54 Å². The molecular weight excluding hydrogens is 188 g/mol. The summed E-state index contributed by atoms with van der Waals surface area (Å²) in [5.41, 5.74) is 1.21. The van der Waals surface area contributed by atoms with E-state index in [4.69, 9.17) is 5.26 Å². The molecule has 4 heteroatoms. The second-order valence-corrected chi connectivity index (χ2v) is 2.84. The average Bonchev–Trinajstić information content (AvgIpc) is 2.29. The molecule has 1 aromatic carbocycles. The number of nitrogens with one attached hydrogen (secondary N) is 1. The highest BCUT2D eigenvalue weighted by atomic mass is 15.1. The maximum atomic E-state index is 8.35. The van der Waals surface area contributed by atoms with E-state index in [1.54, 1.807) is 6.19 Å². The fraction of sp³-hybridized carbons (Fsp3) is 0.182. The fourth-order valence-corrected chi connectivity index (χ4v) is 1.11. The number of guanidine groups is 1. The summed E-state index contributed by atoms with van der Waals surface area (Å²) >= 11 is 0. The Morgan fingerprint density at radius 3 is 2.73 bits per heavy atom. The molecular formula is C11H12N4. The third-order valence-electron chi connectivity index (χ3n) is 1.82. The van der Waals surface area contributed by atoms with Gasteiger partial charge in [0.1, 0.15) is 0 Å². The van der Waals surface area contributed by atoms with Gasteiger partial charge in [-0.05, 0) is 18.7 Å². The molecule has 15 heavy (non-hydrogen) atoms. The Hall–Kier alpha value is -2.15. The van der Waals surface area contributed by atoms with Crippen LogP contribution in [0.5, 0.6) is 0 Å². The van der Waals surface area contributed by atoms with E-state index in [9.17, 15) is 0 Å². The van der Waals surface area contributed by atoms with Crippen LogP contribution >= 0.6 is 0 Å². The molecule has 0 aliphatic heterocycles. The number of hydrogen-bond donors (Lipinski definition) is 1. The van der Waals surface area contributed by atoms with Crippen molar-refractivity contribution < 1.29 is 0 Å². The molecule has 0 saturated heterocycles. The van der Waals surface area contributed by atoms with Crippen molar-refractivity contribution in [3.63, 3.8) is 0 Å². The highest BCUT2D eigenvalue weighted by Crippen LogP contribution is 1.99. The van der Waals surface area contributed by atoms with E-state index in [2.05, 4.69) is 22.0 Å². The second kappa shape index (κ2) is 6.33. The van der Waals surface area contributed by atoms with Gasteiger partial charge in [0, 0.05) is 6.54 Å². The van der Waals surface area contributed by atoms with Crippen LogP contribution in [0.25, 0.3) is 0 Å². The topological polar surface area (TPSA) is 60.5 Å². The molecule has 4 nitrogen and oxygen atoms in total. The van der Waals surface area contributed by atoms with Gasteiger partial charge in [-0.3, -0.25) is 10.3 Å². The van der Waals surface area contributed by atoms with E-state index in [0.717, 1.165) is 6.42 Å². The summed E-state index contributed by atoms with van der Waals surface area (Å²) in [4.78, 5) is 7.66. The zero-order valence-corrected chi connectivity index (χ0v) is 8.35. The standard InChI is InChI=1S/C11H12N4/c1-13-11(15-9-12)14-8-7-10-5-3-2-4-6-10/h2-6H,1,7-8H2,(H,14,15). The molecule has 0 unspecified atom stereocenters. The lowest BCUT2D eigenvalue weighted by atomic mass is 10.2. The lowest BCUT2D eigenvalue weighted by molar-refractivity contribution is 0.954. The van der Waals surface area contributed by atoms with Gasteiger partial charge >= 0.3 is 0 Å². The predicted molar refractivity (Wildman–Crippen MR) is 60.7 cm³/mol. The van der Waals surface area contributed by atoms with E-state index in [-0.39, 0.29) is 5.96 Å². The quantitative estimate of drug-likeness (QED) is 0.346. The smallest absolute Gasteiger partial charge is 0.230 e. The van der Waals surface area contributed by atoms with Crippen LogP contribution in [0.2, 0.25) is 0 Å². The Bertz CT molecular complexity index is 375. The van der Waals surface area contributed by atoms with Crippen LogP contribution in [0.4, 0.5) is 0 Å². The molecule has 0 spiro atoms. The van der Waals surface area contributed by atoms with E-state index in [1.807, 2.05) is 30.3 Å². The zero-order valence-electron chi connectivity index (χ0n) is 8.35. The monoisotopic (exact) mass is 200 g/mol. The summed E-state index contributed by atoms with van der Waals surface area (Å²) in [5, 5.41) is 10.7. The largest absolute Gasteiger partial charge is 0.261 e. The van der Waals surface area contributed by atoms with Gasteiger partial charge in [-0.15, -0.1) is 0 Å². The van der Waals surface area contributed by atoms with Crippen LogP contribution in [-0.4, -0.2) is 19.2 Å². The summed E-state index contributed by atoms with van der Waals surface area (Å²) in [5.74, 6) is 0.272. The summed E-state index contributed by atoms with van der Waals surface area (Å²) in [7, 11) is 0. The minimum absolute atomic E-state index is 0.272. The predicted octanol–water partition coefficient (Wildman–Crippen LogP) is 1.36. The molecule has 0 amide bonds. The van der Waals surface area contributed by atoms with Gasteiger partial charge in [0.05, 0.1) is 0 Å². The first-order valence-corrected chi connectivity index (χ1v) is 4.57. The van der Waals surface area contributed by atoms with Crippen molar-refractivity contribution in [1.29, 1.82) is 5.26 Å². The van der Waals surface area contributed by atoms with Crippen LogP contribution in [0.1, 0.15) is 5.56 Å². The van der Waals surface area contributed by atoms with Crippen LogP contribution in [0, 0.1) is 11.5 Å². The number of nitriles is 1. The first-order valence-electron chi connectivity index (χ1n) is 4.57. The first-order chi connectivity index (χ1) is 7.36. The average molecular weight is 200 g/mol. The lowest BCUT2D eigenvalue weighted by Gasteiger charge is -1.98. The van der Waals surface area contributed by atoms with Gasteiger partial charge in [-0.2, -0.15) is 5.26 Å². The number of hydrogen-bond acceptors (Lipinski definition) is 2. The van der Waals surface area contributed by atoms with Crippen LogP contribution in [0.3, 0.4) is 0 Å². The third-order valence-corrected chi connectivity index (χ3v) is 1.82. The van der Waals surface area contributed by atoms with Crippen LogP contribution < -0.4 is 5.32 Å². The number of aliphatic imine (C=N–C) groups is 2. The van der Waals surface area contributed by atoms with E-state index >= 15 is 0 Å². The molecule has 0 fully saturated rings. The van der Waals surface area contributed by atoms with Gasteiger partial charge in [0.25, 0.3) is 0 Å². The maximum Gasteiger partial charge on any atom is 0.230 e. The molecule has 76 valence electrons. The summed E-state index contributed by atoms with van der Waals surface area (Å²) in [6.45, 7) is 3.90. The molecule has 0 atom stereocenters. The normalized spacial score (nSPS) is 10.5. The third kappa shape index (κ3) is 4.05. The lowest BCUT2D eigenvalue weighted by Crippen LogP contribution is -2.15. The molecule has 0 heterocycles. The van der Waals surface area contributed by atoms with Gasteiger partial charge in [0.15, 0.2) is 6.19 Å². The second-order valence-electron chi connectivity index (χ2n) is 2.84. The van der Waals surface area contributed by atoms with Crippen molar-refractivity contribution in [3.05, 3.63) is 35.9 Å². The van der Waals surface area contributed by atoms with Gasteiger partial charge in [-0.1, -0.05) is 30.3 Å². The van der Waals surface area contributed by atoms with Crippen molar-refractivity contribution in [2.24, 2.45) is 9.98 Å². The van der Waals surface area contributed by atoms with E-state index < -0.39 is 0 Å². The van der Waals surface area contributed by atoms with Gasteiger partial charge in [-0.25, -0.2) is 4.99 Å². The van der Waals surface area contributed by atoms with Crippen molar-refractivity contribution in [2.75, 3.05) is 6.54 Å². The molecule has 0 aliphatic carbocycles. The number of benzene rings is 1. The van der Waals surface area contributed by atoms with Crippen molar-refractivity contribution >= 4 is 12.7 Å². The minimum atomic E-state index is 0.272. The molecule has 0 saturated carbocycles. The Morgan fingerprint density at radius 1 is 1.40 bits per heavy atom. The molecule has 1 N–H and O–H groups in total.